The van der Waals surface area contributed by atoms with Gasteiger partial charge in [-0.2, -0.15) is 5.10 Å². The molecule has 8 heteroatoms. The van der Waals surface area contributed by atoms with Gasteiger partial charge in [-0.15, -0.1) is 10.2 Å². The second-order valence-corrected chi connectivity index (χ2v) is 5.99. The molecule has 2 aromatic rings. The monoisotopic (exact) mass is 303 g/mol. The summed E-state index contributed by atoms with van der Waals surface area (Å²) in [5.41, 5.74) is 0. The van der Waals surface area contributed by atoms with E-state index in [4.69, 9.17) is 0 Å². The minimum Gasteiger partial charge on any atom is -0.334 e. The molecule has 0 fully saturated rings. The molecule has 0 bridgehead atoms. The van der Waals surface area contributed by atoms with Gasteiger partial charge in [0.05, 0.1) is 6.54 Å². The number of carbonyl (C=O) groups is 1. The number of nitrogens with zero attached hydrogens (tertiary/aromatic N) is 7. The second-order valence-electron chi connectivity index (χ2n) is 5.99. The van der Waals surface area contributed by atoms with Crippen LogP contribution in [0.15, 0.2) is 12.7 Å². The Morgan fingerprint density at radius 3 is 2.82 bits per heavy atom. The Kier molecular flexibility index (Phi) is 3.91. The highest BCUT2D eigenvalue weighted by Gasteiger charge is 2.35. The van der Waals surface area contributed by atoms with Gasteiger partial charge >= 0.3 is 0 Å². The summed E-state index contributed by atoms with van der Waals surface area (Å²) in [6.45, 7) is 7.93. The molecule has 0 unspecified atom stereocenters. The normalized spacial score (nSPS) is 18.1. The predicted molar refractivity (Wildman–Crippen MR) is 78.7 cm³/mol. The first-order valence-corrected chi connectivity index (χ1v) is 7.64. The smallest absolute Gasteiger partial charge is 0.246 e. The lowest BCUT2D eigenvalue weighted by Gasteiger charge is -2.34. The Morgan fingerprint density at radius 1 is 1.36 bits per heavy atom. The minimum atomic E-state index is -0.225. The summed E-state index contributed by atoms with van der Waals surface area (Å²) < 4.78 is 3.69. The average Bonchev–Trinajstić information content (AvgIpc) is 3.12. The third-order valence-corrected chi connectivity index (χ3v) is 3.92. The Morgan fingerprint density at radius 2 is 2.18 bits per heavy atom. The van der Waals surface area contributed by atoms with E-state index in [1.54, 1.807) is 11.0 Å². The molecule has 3 rings (SSSR count). The number of carbonyl (C=O) groups excluding carboxylic acids is 1. The van der Waals surface area contributed by atoms with Crippen molar-refractivity contribution in [3.8, 4) is 0 Å². The van der Waals surface area contributed by atoms with Crippen LogP contribution in [-0.4, -0.2) is 46.9 Å². The van der Waals surface area contributed by atoms with Crippen LogP contribution in [0.1, 0.15) is 44.9 Å². The van der Waals surface area contributed by atoms with E-state index in [9.17, 15) is 4.79 Å². The maximum absolute atomic E-state index is 12.7. The summed E-state index contributed by atoms with van der Waals surface area (Å²) >= 11 is 0. The highest BCUT2D eigenvalue weighted by Crippen LogP contribution is 2.28. The van der Waals surface area contributed by atoms with Gasteiger partial charge in [-0.25, -0.2) is 9.67 Å². The summed E-state index contributed by atoms with van der Waals surface area (Å²) in [5, 5.41) is 12.7. The van der Waals surface area contributed by atoms with E-state index in [-0.39, 0.29) is 11.9 Å². The summed E-state index contributed by atoms with van der Waals surface area (Å²) in [4.78, 5) is 18.5. The van der Waals surface area contributed by atoms with Crippen LogP contribution in [0.2, 0.25) is 0 Å². The fourth-order valence-corrected chi connectivity index (χ4v) is 2.89. The van der Waals surface area contributed by atoms with Crippen molar-refractivity contribution in [3.63, 3.8) is 0 Å². The standard InChI is InChI=1S/C14H21N7O/c1-4-19-6-12-17-18-13(7-20-9-15-8-16-20)21(12)11(14(19)22)5-10(2)3/h8-11H,4-7H2,1-3H3/t11-/m0/s1. The molecule has 1 amide bonds. The lowest BCUT2D eigenvalue weighted by atomic mass is 10.0. The summed E-state index contributed by atoms with van der Waals surface area (Å²) in [5.74, 6) is 2.18. The molecule has 1 aliphatic rings. The molecule has 3 heterocycles. The van der Waals surface area contributed by atoms with E-state index in [1.807, 2.05) is 16.4 Å². The summed E-state index contributed by atoms with van der Waals surface area (Å²) in [7, 11) is 0. The molecule has 118 valence electrons. The first kappa shape index (κ1) is 14.7. The van der Waals surface area contributed by atoms with Gasteiger partial charge in [-0.1, -0.05) is 13.8 Å². The van der Waals surface area contributed by atoms with E-state index in [0.29, 0.717) is 25.6 Å². The molecule has 0 saturated carbocycles. The fraction of sp³-hybridized carbons (Fsp3) is 0.643. The maximum Gasteiger partial charge on any atom is 0.246 e. The van der Waals surface area contributed by atoms with Gasteiger partial charge in [0.1, 0.15) is 25.2 Å². The Labute approximate surface area is 129 Å². The number of hydrogen-bond donors (Lipinski definition) is 0. The molecule has 0 saturated heterocycles. The largest absolute Gasteiger partial charge is 0.334 e. The van der Waals surface area contributed by atoms with E-state index in [1.165, 1.54) is 6.33 Å². The third kappa shape index (κ3) is 2.60. The van der Waals surface area contributed by atoms with E-state index < -0.39 is 0 Å². The highest BCUT2D eigenvalue weighted by atomic mass is 16.2. The van der Waals surface area contributed by atoms with Crippen molar-refractivity contribution < 1.29 is 4.79 Å². The van der Waals surface area contributed by atoms with Crippen LogP contribution in [0, 0.1) is 5.92 Å². The molecule has 0 spiro atoms. The van der Waals surface area contributed by atoms with Crippen LogP contribution in [0.25, 0.3) is 0 Å². The van der Waals surface area contributed by atoms with Crippen molar-refractivity contribution in [1.29, 1.82) is 0 Å². The predicted octanol–water partition coefficient (Wildman–Crippen LogP) is 0.867. The molecule has 22 heavy (non-hydrogen) atoms. The third-order valence-electron chi connectivity index (χ3n) is 3.92. The molecule has 8 nitrogen and oxygen atoms in total. The SMILES string of the molecule is CCN1Cc2nnc(Cn3cncn3)n2[C@@H](CC(C)C)C1=O. The van der Waals surface area contributed by atoms with E-state index >= 15 is 0 Å². The van der Waals surface area contributed by atoms with Gasteiger partial charge in [0.2, 0.25) is 5.91 Å². The van der Waals surface area contributed by atoms with Crippen LogP contribution in [0.5, 0.6) is 0 Å². The molecule has 0 radical (unpaired) electrons. The van der Waals surface area contributed by atoms with Crippen LogP contribution in [0.4, 0.5) is 0 Å². The zero-order valence-electron chi connectivity index (χ0n) is 13.2. The van der Waals surface area contributed by atoms with Crippen molar-refractivity contribution >= 4 is 5.91 Å². The van der Waals surface area contributed by atoms with Gasteiger partial charge in [0, 0.05) is 6.54 Å². The zero-order valence-corrected chi connectivity index (χ0v) is 13.2. The maximum atomic E-state index is 12.7. The Balaban J connectivity index is 1.97. The summed E-state index contributed by atoms with van der Waals surface area (Å²) in [6, 6.07) is -0.225. The van der Waals surface area contributed by atoms with Gasteiger partial charge in [-0.3, -0.25) is 9.36 Å². The molecule has 0 aliphatic carbocycles. The quantitative estimate of drug-likeness (QED) is 0.818. The second kappa shape index (κ2) is 5.86. The number of likely N-dealkylation sites (N-methyl/N-ethyl adjacent to an activating group) is 1. The average molecular weight is 303 g/mol. The topological polar surface area (TPSA) is 81.7 Å². The van der Waals surface area contributed by atoms with Crippen molar-refractivity contribution in [1.82, 2.24) is 34.4 Å². The Bertz CT molecular complexity index is 646. The van der Waals surface area contributed by atoms with Crippen LogP contribution in [-0.2, 0) is 17.9 Å². The van der Waals surface area contributed by atoms with Gasteiger partial charge in [-0.05, 0) is 19.3 Å². The molecule has 2 aromatic heterocycles. The number of aromatic nitrogens is 6. The lowest BCUT2D eigenvalue weighted by molar-refractivity contribution is -0.137. The molecule has 0 aromatic carbocycles. The van der Waals surface area contributed by atoms with Crippen LogP contribution < -0.4 is 0 Å². The molecule has 1 atom stereocenters. The van der Waals surface area contributed by atoms with Gasteiger partial charge in [0.25, 0.3) is 0 Å². The molecule has 1 aliphatic heterocycles. The van der Waals surface area contributed by atoms with Crippen molar-refractivity contribution in [2.24, 2.45) is 5.92 Å². The fourth-order valence-electron chi connectivity index (χ4n) is 2.89. The lowest BCUT2D eigenvalue weighted by Crippen LogP contribution is -2.43. The highest BCUT2D eigenvalue weighted by molar-refractivity contribution is 5.81. The number of amides is 1. The van der Waals surface area contributed by atoms with Crippen LogP contribution >= 0.6 is 0 Å². The first-order valence-electron chi connectivity index (χ1n) is 7.64. The minimum absolute atomic E-state index is 0.156. The van der Waals surface area contributed by atoms with Crippen molar-refractivity contribution in [2.45, 2.75) is 46.3 Å². The number of fused-ring (bicyclic) bond motifs is 1. The molecular weight excluding hydrogens is 282 g/mol. The van der Waals surface area contributed by atoms with Crippen LogP contribution in [0.3, 0.4) is 0 Å². The summed E-state index contributed by atoms with van der Waals surface area (Å²) in [6.07, 6.45) is 3.91. The zero-order chi connectivity index (χ0) is 15.7. The van der Waals surface area contributed by atoms with Crippen molar-refractivity contribution in [3.05, 3.63) is 24.3 Å². The first-order chi connectivity index (χ1) is 10.6. The Hall–Kier alpha value is -2.25. The number of hydrogen-bond acceptors (Lipinski definition) is 5. The van der Waals surface area contributed by atoms with Crippen molar-refractivity contribution in [2.75, 3.05) is 6.54 Å². The van der Waals surface area contributed by atoms with E-state index in [0.717, 1.165) is 18.1 Å². The number of rotatable bonds is 5. The molecule has 0 N–H and O–H groups in total. The molecular formula is C14H21N7O. The van der Waals surface area contributed by atoms with Gasteiger partial charge in [0.15, 0.2) is 11.6 Å². The van der Waals surface area contributed by atoms with Gasteiger partial charge < -0.3 is 4.90 Å². The van der Waals surface area contributed by atoms with E-state index in [2.05, 4.69) is 34.1 Å².